The first kappa shape index (κ1) is 20.9. The standard InChI is InChI=1S/C2H4INO.2C2H3IO2/c3*3-1-2(4)5/h1H2,(H2,4,5);2*1H2,(H,4,5). The Morgan fingerprint density at radius 2 is 1.00 bits per heavy atom. The van der Waals surface area contributed by atoms with Gasteiger partial charge in [-0.15, -0.1) is 0 Å². The summed E-state index contributed by atoms with van der Waals surface area (Å²) >= 11 is 5.46. The van der Waals surface area contributed by atoms with Crippen molar-refractivity contribution in [3.8, 4) is 0 Å². The normalized spacial score (nSPS) is 7.40. The second kappa shape index (κ2) is 17.0. The Morgan fingerprint density at radius 1 is 0.867 bits per heavy atom. The third kappa shape index (κ3) is 53.2. The first-order valence-corrected chi connectivity index (χ1v) is 7.79. The smallest absolute Gasteiger partial charge is 0.313 e. The zero-order chi connectivity index (χ0) is 12.9. The Balaban J connectivity index is -0.000000144. The van der Waals surface area contributed by atoms with Gasteiger partial charge in [0.15, 0.2) is 0 Å². The number of aliphatic carboxylic acids is 2. The van der Waals surface area contributed by atoms with Crippen LogP contribution in [0, 0.1) is 0 Å². The second-order valence-electron chi connectivity index (χ2n) is 1.65. The molecule has 1 amide bonds. The molecule has 0 aromatic heterocycles. The molecule has 0 aromatic carbocycles. The van der Waals surface area contributed by atoms with E-state index >= 15 is 0 Å². The summed E-state index contributed by atoms with van der Waals surface area (Å²) in [6.07, 6.45) is 0. The molecular weight excluding hydrogens is 547 g/mol. The van der Waals surface area contributed by atoms with Crippen molar-refractivity contribution in [3.05, 3.63) is 0 Å². The Hall–Kier alpha value is 0.600. The third-order valence-corrected chi connectivity index (χ3v) is 2.42. The molecule has 0 aromatic rings. The fourth-order valence-corrected chi connectivity index (χ4v) is 0. The lowest BCUT2D eigenvalue weighted by Gasteiger charge is -1.71. The Kier molecular flexibility index (Phi) is 23.8. The molecule has 0 aliphatic rings. The van der Waals surface area contributed by atoms with Crippen LogP contribution in [0.3, 0.4) is 0 Å². The number of halogens is 3. The monoisotopic (exact) mass is 557 g/mol. The molecule has 4 N–H and O–H groups in total. The van der Waals surface area contributed by atoms with Gasteiger partial charge in [-0.25, -0.2) is 0 Å². The molecule has 0 saturated heterocycles. The summed E-state index contributed by atoms with van der Waals surface area (Å²) in [6.45, 7) is 0. The van der Waals surface area contributed by atoms with Crippen molar-refractivity contribution in [2.75, 3.05) is 13.3 Å². The molecule has 0 radical (unpaired) electrons. The van der Waals surface area contributed by atoms with Crippen LogP contribution in [0.4, 0.5) is 0 Å². The van der Waals surface area contributed by atoms with Crippen LogP contribution in [0.2, 0.25) is 0 Å². The highest BCUT2D eigenvalue weighted by Crippen LogP contribution is 1.75. The van der Waals surface area contributed by atoms with Gasteiger partial charge in [0.2, 0.25) is 5.91 Å². The number of hydrogen-bond acceptors (Lipinski definition) is 3. The SMILES string of the molecule is NC(=O)CI.O=C(O)CI.O=C(O)CI. The number of carbonyl (C=O) groups is 3. The summed E-state index contributed by atoms with van der Waals surface area (Å²) < 4.78 is 0.799. The highest BCUT2D eigenvalue weighted by Gasteiger charge is 1.83. The van der Waals surface area contributed by atoms with Crippen molar-refractivity contribution in [1.82, 2.24) is 0 Å². The molecule has 0 rings (SSSR count). The van der Waals surface area contributed by atoms with E-state index in [1.807, 2.05) is 22.6 Å². The minimum atomic E-state index is -0.759. The Labute approximate surface area is 128 Å². The lowest BCUT2D eigenvalue weighted by atomic mass is 10.8. The molecule has 0 fully saturated rings. The summed E-state index contributed by atoms with van der Waals surface area (Å²) in [5.74, 6) is -1.78. The van der Waals surface area contributed by atoms with E-state index in [4.69, 9.17) is 10.2 Å². The summed E-state index contributed by atoms with van der Waals surface area (Å²) in [5.41, 5.74) is 4.65. The number of carbonyl (C=O) groups excluding carboxylic acids is 1. The van der Waals surface area contributed by atoms with Gasteiger partial charge in [0.05, 0.1) is 13.3 Å². The van der Waals surface area contributed by atoms with E-state index in [0.717, 1.165) is 0 Å². The van der Waals surface area contributed by atoms with Gasteiger partial charge in [-0.2, -0.15) is 0 Å². The first-order valence-electron chi connectivity index (χ1n) is 3.21. The fourth-order valence-electron chi connectivity index (χ4n) is 0. The predicted octanol–water partition coefficient (Wildman–Crippen LogP) is 0.919. The second-order valence-corrected chi connectivity index (χ2v) is 3.94. The number of primary amides is 1. The summed E-state index contributed by atoms with van der Waals surface area (Å²) in [4.78, 5) is 28.3. The first-order chi connectivity index (χ1) is 6.81. The van der Waals surface area contributed by atoms with Crippen molar-refractivity contribution < 1.29 is 24.6 Å². The molecule has 0 unspecified atom stereocenters. The molecule has 0 atom stereocenters. The average Bonchev–Trinajstić information content (AvgIpc) is 2.19. The molecule has 90 valence electrons. The number of carboxylic acid groups (broad SMARTS) is 2. The molecule has 6 nitrogen and oxygen atoms in total. The van der Waals surface area contributed by atoms with E-state index in [1.165, 1.54) is 0 Å². The Bertz CT molecular complexity index is 166. The van der Waals surface area contributed by atoms with Crippen molar-refractivity contribution in [2.24, 2.45) is 5.73 Å². The number of nitrogens with two attached hydrogens (primary N) is 1. The molecule has 0 aliphatic carbocycles. The average molecular weight is 557 g/mol. The van der Waals surface area contributed by atoms with E-state index in [1.54, 1.807) is 45.2 Å². The maximum atomic E-state index is 9.58. The van der Waals surface area contributed by atoms with Gasteiger partial charge in [-0.1, -0.05) is 67.8 Å². The molecule has 0 bridgehead atoms. The summed E-state index contributed by atoms with van der Waals surface area (Å²) in [5, 5.41) is 15.4. The predicted molar refractivity (Wildman–Crippen MR) is 81.1 cm³/mol. The van der Waals surface area contributed by atoms with Gasteiger partial charge in [-0.3, -0.25) is 14.4 Å². The van der Waals surface area contributed by atoms with Crippen molar-refractivity contribution in [3.63, 3.8) is 0 Å². The van der Waals surface area contributed by atoms with E-state index in [-0.39, 0.29) is 14.8 Å². The van der Waals surface area contributed by atoms with Gasteiger partial charge < -0.3 is 15.9 Å². The summed E-state index contributed by atoms with van der Waals surface area (Å²) in [6, 6.07) is 0. The van der Waals surface area contributed by atoms with Crippen LogP contribution in [-0.4, -0.2) is 41.3 Å². The molecule has 9 heteroatoms. The minimum absolute atomic E-state index is 0.192. The van der Waals surface area contributed by atoms with Gasteiger partial charge in [0.1, 0.15) is 0 Å². The van der Waals surface area contributed by atoms with Crippen LogP contribution in [0.1, 0.15) is 0 Å². The van der Waals surface area contributed by atoms with Gasteiger partial charge in [0, 0.05) is 0 Å². The molecule has 0 spiro atoms. The molecule has 0 saturated carbocycles. The van der Waals surface area contributed by atoms with Crippen molar-refractivity contribution >= 4 is 85.6 Å². The quantitative estimate of drug-likeness (QED) is 0.353. The lowest BCUT2D eigenvalue weighted by Crippen LogP contribution is -2.10. The van der Waals surface area contributed by atoms with Gasteiger partial charge in [0.25, 0.3) is 0 Å². The van der Waals surface area contributed by atoms with Crippen LogP contribution in [0.5, 0.6) is 0 Å². The minimum Gasteiger partial charge on any atom is -0.481 e. The largest absolute Gasteiger partial charge is 0.481 e. The van der Waals surface area contributed by atoms with Gasteiger partial charge >= 0.3 is 11.9 Å². The lowest BCUT2D eigenvalue weighted by molar-refractivity contribution is -0.134. The van der Waals surface area contributed by atoms with E-state index < -0.39 is 11.9 Å². The highest BCUT2D eigenvalue weighted by molar-refractivity contribution is 14.1. The van der Waals surface area contributed by atoms with Crippen LogP contribution in [0.15, 0.2) is 0 Å². The summed E-state index contributed by atoms with van der Waals surface area (Å²) in [7, 11) is 0. The molecule has 0 aliphatic heterocycles. The number of amides is 1. The van der Waals surface area contributed by atoms with Crippen molar-refractivity contribution in [1.29, 1.82) is 0 Å². The zero-order valence-corrected chi connectivity index (χ0v) is 13.9. The van der Waals surface area contributed by atoms with Crippen LogP contribution in [-0.2, 0) is 14.4 Å². The molecule has 0 heterocycles. The number of rotatable bonds is 3. The fraction of sp³-hybridized carbons (Fsp3) is 0.500. The van der Waals surface area contributed by atoms with Crippen LogP contribution >= 0.6 is 67.8 Å². The number of alkyl halides is 3. The van der Waals surface area contributed by atoms with Crippen LogP contribution < -0.4 is 5.73 Å². The van der Waals surface area contributed by atoms with E-state index in [0.29, 0.717) is 4.43 Å². The number of hydrogen-bond donors (Lipinski definition) is 3. The maximum Gasteiger partial charge on any atom is 0.313 e. The molecular formula is C6H10I3NO5. The number of carboxylic acids is 2. The Morgan fingerprint density at radius 3 is 1.00 bits per heavy atom. The highest BCUT2D eigenvalue weighted by atomic mass is 127. The van der Waals surface area contributed by atoms with Crippen molar-refractivity contribution in [2.45, 2.75) is 0 Å². The zero-order valence-electron chi connectivity index (χ0n) is 7.45. The van der Waals surface area contributed by atoms with E-state index in [9.17, 15) is 14.4 Å². The molecule has 15 heavy (non-hydrogen) atoms. The van der Waals surface area contributed by atoms with Gasteiger partial charge in [-0.05, 0) is 0 Å². The maximum absolute atomic E-state index is 9.58. The van der Waals surface area contributed by atoms with Crippen LogP contribution in [0.25, 0.3) is 0 Å². The third-order valence-electron chi connectivity index (χ3n) is 0.360. The van der Waals surface area contributed by atoms with E-state index in [2.05, 4.69) is 5.73 Å². The topological polar surface area (TPSA) is 118 Å².